The summed E-state index contributed by atoms with van der Waals surface area (Å²) < 4.78 is 1.70. The molecule has 0 fully saturated rings. The van der Waals surface area contributed by atoms with Gasteiger partial charge in [-0.1, -0.05) is 17.7 Å². The summed E-state index contributed by atoms with van der Waals surface area (Å²) in [5.74, 6) is 0.660. The number of nitrogens with zero attached hydrogens (tertiary/aromatic N) is 5. The molecule has 21 heavy (non-hydrogen) atoms. The van der Waals surface area contributed by atoms with E-state index in [0.29, 0.717) is 11.1 Å². The van der Waals surface area contributed by atoms with Crippen LogP contribution in [-0.4, -0.2) is 24.5 Å². The second kappa shape index (κ2) is 5.53. The molecule has 2 aromatic heterocycles. The molecule has 0 radical (unpaired) electrons. The average Bonchev–Trinajstić information content (AvgIpc) is 2.95. The fraction of sp³-hybridized carbons (Fsp3) is 0.143. The Morgan fingerprint density at radius 3 is 2.71 bits per heavy atom. The first kappa shape index (κ1) is 13.6. The molecule has 106 valence electrons. The van der Waals surface area contributed by atoms with Crippen LogP contribution in [0.2, 0.25) is 0 Å². The zero-order chi connectivity index (χ0) is 14.8. The van der Waals surface area contributed by atoms with Gasteiger partial charge >= 0.3 is 0 Å². The number of aromatic nitrogens is 5. The van der Waals surface area contributed by atoms with Crippen molar-refractivity contribution in [2.24, 2.45) is 0 Å². The second-order valence-electron chi connectivity index (χ2n) is 4.62. The minimum Gasteiger partial charge on any atom is -0.368 e. The molecule has 0 aliphatic rings. The van der Waals surface area contributed by atoms with Gasteiger partial charge in [-0.3, -0.25) is 4.57 Å². The molecule has 0 saturated carbocycles. The zero-order valence-corrected chi connectivity index (χ0v) is 12.5. The Kier molecular flexibility index (Phi) is 3.57. The van der Waals surface area contributed by atoms with E-state index in [1.807, 2.05) is 0 Å². The van der Waals surface area contributed by atoms with Crippen LogP contribution in [0.5, 0.6) is 0 Å². The standard InChI is InChI=1S/C14H14N6S/c1-9-3-4-11(10(2)7-9)21-14-18-12(15)17-13(19-14)20-6-5-16-8-20/h3-8H,1-2H3,(H2,15,17,18,19). The smallest absolute Gasteiger partial charge is 0.240 e. The summed E-state index contributed by atoms with van der Waals surface area (Å²) in [6, 6.07) is 6.26. The van der Waals surface area contributed by atoms with Gasteiger partial charge in [0.1, 0.15) is 6.33 Å². The number of hydrogen-bond donors (Lipinski definition) is 1. The molecule has 0 saturated heterocycles. The first-order valence-corrected chi connectivity index (χ1v) is 7.18. The van der Waals surface area contributed by atoms with Crippen molar-refractivity contribution in [2.75, 3.05) is 5.73 Å². The van der Waals surface area contributed by atoms with Crippen LogP contribution in [0.4, 0.5) is 5.95 Å². The maximum absolute atomic E-state index is 5.77. The van der Waals surface area contributed by atoms with Gasteiger partial charge in [0.05, 0.1) is 0 Å². The molecule has 7 heteroatoms. The topological polar surface area (TPSA) is 82.5 Å². The Bertz CT molecular complexity index is 769. The molecular weight excluding hydrogens is 284 g/mol. The highest BCUT2D eigenvalue weighted by atomic mass is 32.2. The number of anilines is 1. The molecule has 0 atom stereocenters. The van der Waals surface area contributed by atoms with E-state index in [1.54, 1.807) is 23.3 Å². The second-order valence-corrected chi connectivity index (χ2v) is 5.63. The quantitative estimate of drug-likeness (QED) is 0.799. The van der Waals surface area contributed by atoms with Crippen molar-refractivity contribution < 1.29 is 0 Å². The van der Waals surface area contributed by atoms with Gasteiger partial charge in [0.25, 0.3) is 0 Å². The predicted molar refractivity (Wildman–Crippen MR) is 81.4 cm³/mol. The molecular formula is C14H14N6S. The first-order chi connectivity index (χ1) is 10.1. The third-order valence-electron chi connectivity index (χ3n) is 2.89. The fourth-order valence-corrected chi connectivity index (χ4v) is 2.73. The molecule has 6 nitrogen and oxygen atoms in total. The number of imidazole rings is 1. The third kappa shape index (κ3) is 3.03. The lowest BCUT2D eigenvalue weighted by atomic mass is 10.2. The molecule has 2 heterocycles. The van der Waals surface area contributed by atoms with E-state index in [2.05, 4.69) is 52.0 Å². The molecule has 3 aromatic rings. The molecule has 0 spiro atoms. The van der Waals surface area contributed by atoms with Gasteiger partial charge in [0, 0.05) is 17.3 Å². The van der Waals surface area contributed by atoms with Crippen molar-refractivity contribution in [1.82, 2.24) is 24.5 Å². The van der Waals surface area contributed by atoms with Crippen LogP contribution in [0.25, 0.3) is 5.95 Å². The van der Waals surface area contributed by atoms with Gasteiger partial charge in [-0.05, 0) is 37.2 Å². The Balaban J connectivity index is 1.95. The first-order valence-electron chi connectivity index (χ1n) is 6.37. The molecule has 0 unspecified atom stereocenters. The number of nitrogens with two attached hydrogens (primary N) is 1. The summed E-state index contributed by atoms with van der Waals surface area (Å²) in [5.41, 5.74) is 8.18. The van der Waals surface area contributed by atoms with Gasteiger partial charge in [0.15, 0.2) is 5.16 Å². The van der Waals surface area contributed by atoms with Crippen LogP contribution < -0.4 is 5.73 Å². The SMILES string of the molecule is Cc1ccc(Sc2nc(N)nc(-n3ccnc3)n2)c(C)c1. The van der Waals surface area contributed by atoms with E-state index in [4.69, 9.17) is 5.73 Å². The normalized spacial score (nSPS) is 10.8. The van der Waals surface area contributed by atoms with Crippen LogP contribution in [0, 0.1) is 13.8 Å². The van der Waals surface area contributed by atoms with Gasteiger partial charge < -0.3 is 5.73 Å². The predicted octanol–water partition coefficient (Wildman–Crippen LogP) is 2.41. The van der Waals surface area contributed by atoms with Crippen LogP contribution in [0.1, 0.15) is 11.1 Å². The van der Waals surface area contributed by atoms with E-state index in [-0.39, 0.29) is 5.95 Å². The Hall–Kier alpha value is -2.41. The van der Waals surface area contributed by atoms with E-state index >= 15 is 0 Å². The maximum Gasteiger partial charge on any atom is 0.240 e. The van der Waals surface area contributed by atoms with Gasteiger partial charge in [-0.15, -0.1) is 0 Å². The molecule has 1 aromatic carbocycles. The summed E-state index contributed by atoms with van der Waals surface area (Å²) in [4.78, 5) is 17.8. The van der Waals surface area contributed by atoms with Crippen molar-refractivity contribution in [3.05, 3.63) is 48.0 Å². The van der Waals surface area contributed by atoms with Crippen molar-refractivity contribution in [3.63, 3.8) is 0 Å². The number of rotatable bonds is 3. The molecule has 0 bridgehead atoms. The Labute approximate surface area is 126 Å². The van der Waals surface area contributed by atoms with E-state index in [9.17, 15) is 0 Å². The summed E-state index contributed by atoms with van der Waals surface area (Å²) in [5, 5.41) is 0.568. The largest absolute Gasteiger partial charge is 0.368 e. The molecule has 2 N–H and O–H groups in total. The number of aryl methyl sites for hydroxylation is 2. The van der Waals surface area contributed by atoms with Crippen LogP contribution >= 0.6 is 11.8 Å². The van der Waals surface area contributed by atoms with Gasteiger partial charge in [0.2, 0.25) is 11.9 Å². The molecule has 0 aliphatic heterocycles. The van der Waals surface area contributed by atoms with E-state index in [0.717, 1.165) is 4.90 Å². The monoisotopic (exact) mass is 298 g/mol. The highest BCUT2D eigenvalue weighted by Crippen LogP contribution is 2.28. The molecule has 0 amide bonds. The van der Waals surface area contributed by atoms with Crippen molar-refractivity contribution in [3.8, 4) is 5.95 Å². The number of benzene rings is 1. The van der Waals surface area contributed by atoms with Crippen LogP contribution in [0.3, 0.4) is 0 Å². The van der Waals surface area contributed by atoms with Gasteiger partial charge in [-0.2, -0.15) is 15.0 Å². The Morgan fingerprint density at radius 1 is 1.14 bits per heavy atom. The average molecular weight is 298 g/mol. The van der Waals surface area contributed by atoms with Crippen LogP contribution in [0.15, 0.2) is 47.0 Å². The van der Waals surface area contributed by atoms with Gasteiger partial charge in [-0.25, -0.2) is 4.98 Å². The summed E-state index contributed by atoms with van der Waals surface area (Å²) in [7, 11) is 0. The minimum atomic E-state index is 0.195. The highest BCUT2D eigenvalue weighted by molar-refractivity contribution is 7.99. The Morgan fingerprint density at radius 2 is 2.00 bits per heavy atom. The minimum absolute atomic E-state index is 0.195. The molecule has 0 aliphatic carbocycles. The van der Waals surface area contributed by atoms with E-state index < -0.39 is 0 Å². The summed E-state index contributed by atoms with van der Waals surface area (Å²) in [6.07, 6.45) is 5.05. The third-order valence-corrected chi connectivity index (χ3v) is 3.93. The molecule has 3 rings (SSSR count). The number of nitrogen functional groups attached to an aromatic ring is 1. The van der Waals surface area contributed by atoms with E-state index in [1.165, 1.54) is 22.9 Å². The lowest BCUT2D eigenvalue weighted by Gasteiger charge is -2.07. The number of hydrogen-bond acceptors (Lipinski definition) is 6. The highest BCUT2D eigenvalue weighted by Gasteiger charge is 2.09. The maximum atomic E-state index is 5.77. The summed E-state index contributed by atoms with van der Waals surface area (Å²) in [6.45, 7) is 4.14. The fourth-order valence-electron chi connectivity index (χ4n) is 1.91. The van der Waals surface area contributed by atoms with Crippen molar-refractivity contribution in [2.45, 2.75) is 23.9 Å². The van der Waals surface area contributed by atoms with Crippen molar-refractivity contribution in [1.29, 1.82) is 0 Å². The summed E-state index contributed by atoms with van der Waals surface area (Å²) >= 11 is 1.47. The lowest BCUT2D eigenvalue weighted by Crippen LogP contribution is -2.06. The lowest BCUT2D eigenvalue weighted by molar-refractivity contribution is 0.832. The van der Waals surface area contributed by atoms with Crippen molar-refractivity contribution >= 4 is 17.7 Å². The van der Waals surface area contributed by atoms with Crippen LogP contribution in [-0.2, 0) is 0 Å². The zero-order valence-electron chi connectivity index (χ0n) is 11.7.